The van der Waals surface area contributed by atoms with Gasteiger partial charge in [-0.1, -0.05) is 12.1 Å². The number of nitrogens with one attached hydrogen (secondary N) is 1. The van der Waals surface area contributed by atoms with Crippen molar-refractivity contribution in [2.45, 2.75) is 11.8 Å². The molecule has 0 atom stereocenters. The minimum absolute atomic E-state index is 0.0114. The molecule has 0 bridgehead atoms. The van der Waals surface area contributed by atoms with Crippen LogP contribution in [0.5, 0.6) is 0 Å². The van der Waals surface area contributed by atoms with E-state index >= 15 is 0 Å². The molecule has 0 aliphatic heterocycles. The molecule has 1 heterocycles. The third-order valence-electron chi connectivity index (χ3n) is 4.44. The molecule has 0 radical (unpaired) electrons. The van der Waals surface area contributed by atoms with E-state index in [9.17, 15) is 23.1 Å². The van der Waals surface area contributed by atoms with Crippen molar-refractivity contribution in [3.8, 4) is 6.07 Å². The first-order valence-electron chi connectivity index (χ1n) is 8.63. The van der Waals surface area contributed by atoms with Crippen molar-refractivity contribution in [2.24, 2.45) is 0 Å². The lowest BCUT2D eigenvalue weighted by molar-refractivity contribution is 0.0698. The third-order valence-corrected chi connectivity index (χ3v) is 6.37. The lowest BCUT2D eigenvalue weighted by Crippen LogP contribution is -2.26. The number of anilines is 1. The molecule has 154 valence electrons. The van der Waals surface area contributed by atoms with Crippen LogP contribution in [0.25, 0.3) is 11.0 Å². The Morgan fingerprint density at radius 2 is 2.00 bits per heavy atom. The molecule has 0 fully saturated rings. The molecule has 3 aromatic rings. The highest BCUT2D eigenvalue weighted by molar-refractivity contribution is 7.89. The molecule has 11 heteroatoms. The summed E-state index contributed by atoms with van der Waals surface area (Å²) < 4.78 is 31.2. The van der Waals surface area contributed by atoms with Crippen molar-refractivity contribution in [3.05, 3.63) is 53.2 Å². The van der Waals surface area contributed by atoms with E-state index < -0.39 is 21.9 Å². The first-order valence-corrected chi connectivity index (χ1v) is 10.1. The average molecular weight is 428 g/mol. The zero-order valence-electron chi connectivity index (χ0n) is 15.9. The van der Waals surface area contributed by atoms with Crippen LogP contribution in [0.15, 0.2) is 45.8 Å². The number of fused-ring (bicyclic) bond motifs is 1. The number of aromatic nitrogens is 1. The largest absolute Gasteiger partial charge is 0.478 e. The number of sulfonamides is 1. The van der Waals surface area contributed by atoms with E-state index in [2.05, 4.69) is 10.5 Å². The Bertz CT molecular complexity index is 1310. The smallest absolute Gasteiger partial charge is 0.337 e. The monoisotopic (exact) mass is 428 g/mol. The number of carbonyl (C=O) groups excluding carboxylic acids is 1. The Morgan fingerprint density at radius 1 is 1.27 bits per heavy atom. The highest BCUT2D eigenvalue weighted by Crippen LogP contribution is 2.25. The average Bonchev–Trinajstić information content (AvgIpc) is 3.16. The fourth-order valence-corrected chi connectivity index (χ4v) is 3.87. The van der Waals surface area contributed by atoms with Crippen LogP contribution < -0.4 is 5.32 Å². The second kappa shape index (κ2) is 7.94. The van der Waals surface area contributed by atoms with E-state index in [1.54, 1.807) is 6.92 Å². The van der Waals surface area contributed by atoms with Gasteiger partial charge in [0.2, 0.25) is 10.0 Å². The normalized spacial score (nSPS) is 11.4. The van der Waals surface area contributed by atoms with Crippen LogP contribution in [-0.4, -0.2) is 48.5 Å². The summed E-state index contributed by atoms with van der Waals surface area (Å²) in [5.41, 5.74) is -0.205. The molecule has 2 aromatic carbocycles. The van der Waals surface area contributed by atoms with Crippen LogP contribution in [-0.2, 0) is 10.0 Å². The minimum atomic E-state index is -3.71. The number of amides is 1. The predicted octanol–water partition coefficient (Wildman–Crippen LogP) is 2.29. The fourth-order valence-electron chi connectivity index (χ4n) is 2.67. The van der Waals surface area contributed by atoms with Crippen molar-refractivity contribution in [2.75, 3.05) is 18.9 Å². The Kier molecular flexibility index (Phi) is 5.55. The molecular weight excluding hydrogens is 412 g/mol. The number of nitrogens with zero attached hydrogens (tertiary/aromatic N) is 3. The molecule has 2 N–H and O–H groups in total. The molecule has 30 heavy (non-hydrogen) atoms. The van der Waals surface area contributed by atoms with E-state index in [0.717, 1.165) is 10.4 Å². The Labute approximate surface area is 171 Å². The van der Waals surface area contributed by atoms with E-state index in [-0.39, 0.29) is 44.9 Å². The number of carboxylic acid groups (broad SMARTS) is 1. The fraction of sp³-hybridized carbons (Fsp3) is 0.158. The topological polar surface area (TPSA) is 154 Å². The number of aromatic carboxylic acids is 1. The van der Waals surface area contributed by atoms with Crippen LogP contribution in [0.3, 0.4) is 0 Å². The van der Waals surface area contributed by atoms with E-state index in [1.807, 2.05) is 6.07 Å². The van der Waals surface area contributed by atoms with Gasteiger partial charge in [-0.15, -0.1) is 0 Å². The highest BCUT2D eigenvalue weighted by atomic mass is 32.2. The predicted molar refractivity (Wildman–Crippen MR) is 106 cm³/mol. The zero-order chi connectivity index (χ0) is 22.1. The van der Waals surface area contributed by atoms with Gasteiger partial charge in [-0.25, -0.2) is 17.5 Å². The summed E-state index contributed by atoms with van der Waals surface area (Å²) in [6.45, 7) is 1.97. The van der Waals surface area contributed by atoms with Gasteiger partial charge >= 0.3 is 5.97 Å². The van der Waals surface area contributed by atoms with Crippen LogP contribution >= 0.6 is 0 Å². The summed E-state index contributed by atoms with van der Waals surface area (Å²) in [6.07, 6.45) is 0. The van der Waals surface area contributed by atoms with Crippen LogP contribution in [0.2, 0.25) is 0 Å². The molecule has 0 saturated carbocycles. The molecule has 0 spiro atoms. The van der Waals surface area contributed by atoms with Crippen molar-refractivity contribution >= 4 is 38.6 Å². The van der Waals surface area contributed by atoms with Gasteiger partial charge in [-0.2, -0.15) is 5.26 Å². The van der Waals surface area contributed by atoms with Gasteiger partial charge < -0.3 is 14.9 Å². The zero-order valence-corrected chi connectivity index (χ0v) is 16.7. The van der Waals surface area contributed by atoms with E-state index in [0.29, 0.717) is 0 Å². The summed E-state index contributed by atoms with van der Waals surface area (Å²) in [7, 11) is -2.27. The maximum Gasteiger partial charge on any atom is 0.337 e. The van der Waals surface area contributed by atoms with Crippen LogP contribution in [0.4, 0.5) is 5.69 Å². The Balaban J connectivity index is 1.96. The summed E-state index contributed by atoms with van der Waals surface area (Å²) in [6, 6.07) is 9.63. The summed E-state index contributed by atoms with van der Waals surface area (Å²) in [5.74, 6) is -2.07. The van der Waals surface area contributed by atoms with Crippen molar-refractivity contribution in [1.29, 1.82) is 5.26 Å². The molecule has 1 aromatic heterocycles. The quantitative estimate of drug-likeness (QED) is 0.606. The third kappa shape index (κ3) is 3.73. The summed E-state index contributed by atoms with van der Waals surface area (Å²) >= 11 is 0. The maximum absolute atomic E-state index is 12.6. The number of nitriles is 1. The first kappa shape index (κ1) is 21.0. The van der Waals surface area contributed by atoms with Gasteiger partial charge in [0, 0.05) is 19.7 Å². The summed E-state index contributed by atoms with van der Waals surface area (Å²) in [5, 5.41) is 24.6. The van der Waals surface area contributed by atoms with Gasteiger partial charge in [0.1, 0.15) is 0 Å². The van der Waals surface area contributed by atoms with Crippen molar-refractivity contribution in [1.82, 2.24) is 9.46 Å². The number of carboxylic acids is 1. The molecule has 0 aliphatic carbocycles. The van der Waals surface area contributed by atoms with Gasteiger partial charge in [0.05, 0.1) is 33.2 Å². The molecule has 0 unspecified atom stereocenters. The standard InChI is InChI=1S/C19H16N4O6S/c1-3-23(2)30(27,28)12-5-6-13-16(9-12)29-22-17(13)18(24)21-15-7-4-11(10-20)8-14(15)19(25)26/h4-9H,3H2,1-2H3,(H,21,24)(H,25,26). The number of hydrogen-bond acceptors (Lipinski definition) is 7. The molecule has 0 aliphatic rings. The number of benzene rings is 2. The second-order valence-corrected chi connectivity index (χ2v) is 8.28. The highest BCUT2D eigenvalue weighted by Gasteiger charge is 2.23. The number of rotatable bonds is 6. The molecule has 1 amide bonds. The Hall–Kier alpha value is -3.75. The van der Waals surface area contributed by atoms with E-state index in [4.69, 9.17) is 9.78 Å². The lowest BCUT2D eigenvalue weighted by atomic mass is 10.1. The van der Waals surface area contributed by atoms with E-state index in [1.165, 1.54) is 37.4 Å². The van der Waals surface area contributed by atoms with Gasteiger partial charge in [0.25, 0.3) is 5.91 Å². The molecule has 10 nitrogen and oxygen atoms in total. The molecule has 0 saturated heterocycles. The second-order valence-electron chi connectivity index (χ2n) is 6.24. The lowest BCUT2D eigenvalue weighted by Gasteiger charge is -2.14. The Morgan fingerprint density at radius 3 is 2.63 bits per heavy atom. The SMILES string of the molecule is CCN(C)S(=O)(=O)c1ccc2c(C(=O)Nc3ccc(C#N)cc3C(=O)O)noc2c1. The van der Waals surface area contributed by atoms with Gasteiger partial charge in [-0.3, -0.25) is 4.79 Å². The number of carbonyl (C=O) groups is 2. The van der Waals surface area contributed by atoms with Crippen molar-refractivity contribution in [3.63, 3.8) is 0 Å². The molecular formula is C19H16N4O6S. The maximum atomic E-state index is 12.6. The molecule has 3 rings (SSSR count). The van der Waals surface area contributed by atoms with Gasteiger partial charge in [-0.05, 0) is 30.3 Å². The first-order chi connectivity index (χ1) is 14.2. The van der Waals surface area contributed by atoms with Crippen LogP contribution in [0, 0.1) is 11.3 Å². The number of hydrogen-bond donors (Lipinski definition) is 2. The summed E-state index contributed by atoms with van der Waals surface area (Å²) in [4.78, 5) is 24.1. The van der Waals surface area contributed by atoms with Gasteiger partial charge in [0.15, 0.2) is 11.3 Å². The minimum Gasteiger partial charge on any atom is -0.478 e. The van der Waals surface area contributed by atoms with Crippen molar-refractivity contribution < 1.29 is 27.6 Å². The van der Waals surface area contributed by atoms with Crippen LogP contribution in [0.1, 0.15) is 33.3 Å².